The molecule has 1 saturated heterocycles. The lowest BCUT2D eigenvalue weighted by Crippen LogP contribution is -2.50. The fourth-order valence-corrected chi connectivity index (χ4v) is 4.31. The van der Waals surface area contributed by atoms with Gasteiger partial charge < -0.3 is 4.90 Å². The second kappa shape index (κ2) is 7.11. The molecule has 25 heavy (non-hydrogen) atoms. The van der Waals surface area contributed by atoms with Crippen LogP contribution >= 0.6 is 11.6 Å². The molecule has 0 aliphatic carbocycles. The maximum absolute atomic E-state index is 13.8. The van der Waals surface area contributed by atoms with Gasteiger partial charge in [0.05, 0.1) is 0 Å². The van der Waals surface area contributed by atoms with Gasteiger partial charge in [0.25, 0.3) is 5.91 Å². The van der Waals surface area contributed by atoms with E-state index in [2.05, 4.69) is 0 Å². The highest BCUT2D eigenvalue weighted by Crippen LogP contribution is 2.21. The van der Waals surface area contributed by atoms with Crippen molar-refractivity contribution < 1.29 is 17.6 Å². The molecule has 5 nitrogen and oxygen atoms in total. The summed E-state index contributed by atoms with van der Waals surface area (Å²) < 4.78 is 40.1. The molecular formula is C17H16ClFN2O3S. The van der Waals surface area contributed by atoms with Crippen LogP contribution in [0.15, 0.2) is 53.4 Å². The van der Waals surface area contributed by atoms with Crippen LogP contribution < -0.4 is 0 Å². The molecule has 1 aliphatic rings. The number of hydrogen-bond donors (Lipinski definition) is 0. The van der Waals surface area contributed by atoms with Crippen molar-refractivity contribution in [3.63, 3.8) is 0 Å². The van der Waals surface area contributed by atoms with Crippen molar-refractivity contribution in [3.05, 3.63) is 64.9 Å². The first-order valence-corrected chi connectivity index (χ1v) is 9.51. The topological polar surface area (TPSA) is 57.7 Å². The van der Waals surface area contributed by atoms with E-state index in [0.29, 0.717) is 10.6 Å². The number of halogens is 2. The molecule has 0 aromatic heterocycles. The summed E-state index contributed by atoms with van der Waals surface area (Å²) in [6.07, 6.45) is 0. The monoisotopic (exact) mass is 382 g/mol. The smallest absolute Gasteiger partial charge is 0.253 e. The van der Waals surface area contributed by atoms with E-state index >= 15 is 0 Å². The van der Waals surface area contributed by atoms with E-state index < -0.39 is 15.8 Å². The Morgan fingerprint density at radius 2 is 1.56 bits per heavy atom. The van der Waals surface area contributed by atoms with Gasteiger partial charge in [-0.3, -0.25) is 4.79 Å². The number of carbonyl (C=O) groups is 1. The first-order valence-electron chi connectivity index (χ1n) is 7.69. The van der Waals surface area contributed by atoms with Crippen LogP contribution in [0.1, 0.15) is 10.4 Å². The van der Waals surface area contributed by atoms with E-state index in [1.165, 1.54) is 22.5 Å². The van der Waals surface area contributed by atoms with Crippen LogP contribution in [-0.4, -0.2) is 49.7 Å². The van der Waals surface area contributed by atoms with Crippen LogP contribution in [0.5, 0.6) is 0 Å². The number of rotatable bonds is 3. The van der Waals surface area contributed by atoms with Crippen LogP contribution in [0.4, 0.5) is 4.39 Å². The minimum Gasteiger partial charge on any atom is -0.336 e. The zero-order valence-corrected chi connectivity index (χ0v) is 14.8. The fraction of sp³-hybridized carbons (Fsp3) is 0.235. The van der Waals surface area contributed by atoms with Gasteiger partial charge in [0, 0.05) is 36.8 Å². The molecule has 1 amide bonds. The van der Waals surface area contributed by atoms with Gasteiger partial charge in [0.1, 0.15) is 10.7 Å². The van der Waals surface area contributed by atoms with Gasteiger partial charge in [0.2, 0.25) is 10.0 Å². The highest BCUT2D eigenvalue weighted by molar-refractivity contribution is 7.89. The molecule has 8 heteroatoms. The molecular weight excluding hydrogens is 367 g/mol. The number of piperazine rings is 1. The molecule has 0 spiro atoms. The van der Waals surface area contributed by atoms with Gasteiger partial charge in [-0.2, -0.15) is 4.31 Å². The highest BCUT2D eigenvalue weighted by atomic mass is 35.5. The molecule has 2 aromatic carbocycles. The van der Waals surface area contributed by atoms with Crippen molar-refractivity contribution >= 4 is 27.5 Å². The molecule has 0 N–H and O–H groups in total. The average Bonchev–Trinajstić information content (AvgIpc) is 2.62. The number of amides is 1. The SMILES string of the molecule is O=C(c1ccc(Cl)cc1)N1CCN(S(=O)(=O)c2ccccc2F)CC1. The van der Waals surface area contributed by atoms with Gasteiger partial charge in [-0.25, -0.2) is 12.8 Å². The van der Waals surface area contributed by atoms with E-state index in [9.17, 15) is 17.6 Å². The summed E-state index contributed by atoms with van der Waals surface area (Å²) in [5.74, 6) is -0.957. The maximum Gasteiger partial charge on any atom is 0.253 e. The van der Waals surface area contributed by atoms with Gasteiger partial charge >= 0.3 is 0 Å². The predicted molar refractivity (Wildman–Crippen MR) is 92.5 cm³/mol. The quantitative estimate of drug-likeness (QED) is 0.820. The summed E-state index contributed by atoms with van der Waals surface area (Å²) in [6.45, 7) is 0.732. The second-order valence-electron chi connectivity index (χ2n) is 5.63. The molecule has 0 saturated carbocycles. The summed E-state index contributed by atoms with van der Waals surface area (Å²) in [7, 11) is -3.91. The Morgan fingerprint density at radius 3 is 2.16 bits per heavy atom. The predicted octanol–water partition coefficient (Wildman–Crippen LogP) is 2.63. The Kier molecular flexibility index (Phi) is 5.08. The van der Waals surface area contributed by atoms with E-state index in [1.807, 2.05) is 0 Å². The first kappa shape index (κ1) is 17.8. The third-order valence-corrected chi connectivity index (χ3v) is 6.26. The Morgan fingerprint density at radius 1 is 0.960 bits per heavy atom. The zero-order valence-electron chi connectivity index (χ0n) is 13.2. The maximum atomic E-state index is 13.8. The van der Waals surface area contributed by atoms with Crippen molar-refractivity contribution in [2.45, 2.75) is 4.90 Å². The normalized spacial score (nSPS) is 16.0. The summed E-state index contributed by atoms with van der Waals surface area (Å²) >= 11 is 5.81. The molecule has 2 aromatic rings. The number of carbonyl (C=O) groups excluding carboxylic acids is 1. The van der Waals surface area contributed by atoms with E-state index in [1.54, 1.807) is 29.2 Å². The summed E-state index contributed by atoms with van der Waals surface area (Å²) in [5.41, 5.74) is 0.495. The molecule has 0 unspecified atom stereocenters. The van der Waals surface area contributed by atoms with E-state index in [4.69, 9.17) is 11.6 Å². The molecule has 0 atom stereocenters. The average molecular weight is 383 g/mol. The minimum atomic E-state index is -3.91. The lowest BCUT2D eigenvalue weighted by molar-refractivity contribution is 0.0697. The summed E-state index contributed by atoms with van der Waals surface area (Å²) in [4.78, 5) is 13.7. The van der Waals surface area contributed by atoms with E-state index in [-0.39, 0.29) is 37.0 Å². The van der Waals surface area contributed by atoms with Crippen molar-refractivity contribution in [3.8, 4) is 0 Å². The fourth-order valence-electron chi connectivity index (χ4n) is 2.70. The van der Waals surface area contributed by atoms with Gasteiger partial charge in [-0.05, 0) is 36.4 Å². The third kappa shape index (κ3) is 3.68. The largest absolute Gasteiger partial charge is 0.336 e. The molecule has 1 fully saturated rings. The lowest BCUT2D eigenvalue weighted by atomic mass is 10.2. The van der Waals surface area contributed by atoms with Crippen molar-refractivity contribution in [1.82, 2.24) is 9.21 Å². The summed E-state index contributed by atoms with van der Waals surface area (Å²) in [5, 5.41) is 0.539. The summed E-state index contributed by atoms with van der Waals surface area (Å²) in [6, 6.07) is 11.8. The number of nitrogens with zero attached hydrogens (tertiary/aromatic N) is 2. The zero-order chi connectivity index (χ0) is 18.0. The molecule has 0 radical (unpaired) electrons. The van der Waals surface area contributed by atoms with Crippen LogP contribution in [0.25, 0.3) is 0 Å². The Bertz CT molecular complexity index is 879. The molecule has 3 rings (SSSR count). The third-order valence-electron chi connectivity index (χ3n) is 4.07. The van der Waals surface area contributed by atoms with Crippen LogP contribution in [0.2, 0.25) is 5.02 Å². The number of benzene rings is 2. The van der Waals surface area contributed by atoms with Crippen molar-refractivity contribution in [2.24, 2.45) is 0 Å². The van der Waals surface area contributed by atoms with Crippen LogP contribution in [0.3, 0.4) is 0 Å². The standard InChI is InChI=1S/C17H16ClFN2O3S/c18-14-7-5-13(6-8-14)17(22)20-9-11-21(12-10-20)25(23,24)16-4-2-1-3-15(16)19/h1-8H,9-12H2. The molecule has 0 bridgehead atoms. The van der Waals surface area contributed by atoms with Gasteiger partial charge in [0.15, 0.2) is 0 Å². The highest BCUT2D eigenvalue weighted by Gasteiger charge is 2.31. The Hall–Kier alpha value is -1.96. The van der Waals surface area contributed by atoms with Crippen LogP contribution in [-0.2, 0) is 10.0 Å². The minimum absolute atomic E-state index is 0.121. The molecule has 1 aliphatic heterocycles. The van der Waals surface area contributed by atoms with Gasteiger partial charge in [-0.15, -0.1) is 0 Å². The second-order valence-corrected chi connectivity index (χ2v) is 7.98. The van der Waals surface area contributed by atoms with Crippen LogP contribution in [0, 0.1) is 5.82 Å². The molecule has 1 heterocycles. The first-order chi connectivity index (χ1) is 11.9. The van der Waals surface area contributed by atoms with Crippen molar-refractivity contribution in [2.75, 3.05) is 26.2 Å². The Labute approximate surface area is 150 Å². The molecule has 132 valence electrons. The van der Waals surface area contributed by atoms with Crippen molar-refractivity contribution in [1.29, 1.82) is 0 Å². The van der Waals surface area contributed by atoms with E-state index in [0.717, 1.165) is 6.07 Å². The number of hydrogen-bond acceptors (Lipinski definition) is 3. The lowest BCUT2D eigenvalue weighted by Gasteiger charge is -2.34. The number of sulfonamides is 1. The van der Waals surface area contributed by atoms with Gasteiger partial charge in [-0.1, -0.05) is 23.7 Å². The Balaban J connectivity index is 1.70.